The molecule has 2 atom stereocenters. The van der Waals surface area contributed by atoms with Crippen LogP contribution in [0.4, 0.5) is 17.3 Å². The third-order valence-corrected chi connectivity index (χ3v) is 7.21. The van der Waals surface area contributed by atoms with Crippen molar-refractivity contribution >= 4 is 34.8 Å². The fourth-order valence-electron chi connectivity index (χ4n) is 5.16. The molecule has 1 aromatic heterocycles. The second-order valence-corrected chi connectivity index (χ2v) is 9.31. The first-order valence-electron chi connectivity index (χ1n) is 10.9. The zero-order chi connectivity index (χ0) is 20.7. The third kappa shape index (κ3) is 3.97. The van der Waals surface area contributed by atoms with Gasteiger partial charge in [0.2, 0.25) is 11.9 Å². The average molecular weight is 426 g/mol. The quantitative estimate of drug-likeness (QED) is 0.757. The molecule has 2 aromatic rings. The molecule has 7 heteroatoms. The van der Waals surface area contributed by atoms with Gasteiger partial charge in [0.05, 0.1) is 23.8 Å². The molecule has 5 rings (SSSR count). The minimum atomic E-state index is 0.177. The molecule has 3 heterocycles. The Morgan fingerprint density at radius 3 is 2.73 bits per heavy atom. The van der Waals surface area contributed by atoms with Crippen molar-refractivity contribution in [2.75, 3.05) is 41.8 Å². The van der Waals surface area contributed by atoms with Crippen LogP contribution in [0.25, 0.3) is 0 Å². The summed E-state index contributed by atoms with van der Waals surface area (Å²) in [6, 6.07) is 6.28. The zero-order valence-corrected chi connectivity index (χ0v) is 18.1. The lowest BCUT2D eigenvalue weighted by molar-refractivity contribution is -0.117. The number of halogens is 1. The Balaban J connectivity index is 1.05. The summed E-state index contributed by atoms with van der Waals surface area (Å²) >= 11 is 5.89. The molecule has 0 radical (unpaired) electrons. The number of hydrogen-bond donors (Lipinski definition) is 1. The van der Waals surface area contributed by atoms with Gasteiger partial charge in [-0.2, -0.15) is 0 Å². The number of piperidine rings is 1. The molecular formula is C23H28ClN5O. The maximum absolute atomic E-state index is 11.8. The number of nitrogens with one attached hydrogen (secondary N) is 1. The van der Waals surface area contributed by atoms with Gasteiger partial charge in [0.25, 0.3) is 0 Å². The second-order valence-electron chi connectivity index (χ2n) is 8.87. The van der Waals surface area contributed by atoms with E-state index in [1.807, 2.05) is 7.05 Å². The monoisotopic (exact) mass is 425 g/mol. The van der Waals surface area contributed by atoms with Crippen molar-refractivity contribution in [2.45, 2.75) is 32.1 Å². The zero-order valence-electron chi connectivity index (χ0n) is 17.4. The van der Waals surface area contributed by atoms with E-state index in [0.29, 0.717) is 11.4 Å². The molecule has 158 valence electrons. The lowest BCUT2D eigenvalue weighted by Crippen LogP contribution is -2.35. The first-order valence-corrected chi connectivity index (χ1v) is 11.3. The number of aromatic nitrogens is 2. The highest BCUT2D eigenvalue weighted by Crippen LogP contribution is 2.49. The molecule has 1 unspecified atom stereocenters. The van der Waals surface area contributed by atoms with Crippen molar-refractivity contribution in [3.05, 3.63) is 41.2 Å². The molecule has 6 nitrogen and oxygen atoms in total. The number of carbonyl (C=O) groups is 1. The minimum absolute atomic E-state index is 0.177. The van der Waals surface area contributed by atoms with Crippen molar-refractivity contribution in [1.29, 1.82) is 0 Å². The number of carbonyl (C=O) groups excluding carboxylic acids is 1. The number of fused-ring (bicyclic) bond motifs is 1. The summed E-state index contributed by atoms with van der Waals surface area (Å²) in [7, 11) is 1.85. The van der Waals surface area contributed by atoms with E-state index in [1.54, 1.807) is 17.3 Å². The molecule has 1 aromatic carbocycles. The van der Waals surface area contributed by atoms with Crippen LogP contribution < -0.4 is 15.1 Å². The molecule has 3 aliphatic rings. The van der Waals surface area contributed by atoms with Crippen molar-refractivity contribution in [2.24, 2.45) is 17.8 Å². The maximum atomic E-state index is 11.8. The largest absolute Gasteiger partial charge is 0.385 e. The summed E-state index contributed by atoms with van der Waals surface area (Å²) in [4.78, 5) is 24.6. The molecule has 30 heavy (non-hydrogen) atoms. The summed E-state index contributed by atoms with van der Waals surface area (Å²) < 4.78 is 0. The highest BCUT2D eigenvalue weighted by molar-refractivity contribution is 6.30. The van der Waals surface area contributed by atoms with Gasteiger partial charge in [-0.15, -0.1) is 0 Å². The molecule has 0 spiro atoms. The van der Waals surface area contributed by atoms with Crippen LogP contribution in [-0.4, -0.2) is 42.6 Å². The number of hydrogen-bond acceptors (Lipinski definition) is 5. The van der Waals surface area contributed by atoms with Gasteiger partial charge in [-0.25, -0.2) is 9.97 Å². The molecule has 1 saturated carbocycles. The van der Waals surface area contributed by atoms with Gasteiger partial charge >= 0.3 is 0 Å². The van der Waals surface area contributed by atoms with E-state index in [2.05, 4.69) is 38.4 Å². The Bertz CT molecular complexity index is 926. The van der Waals surface area contributed by atoms with Gasteiger partial charge in [0, 0.05) is 38.1 Å². The van der Waals surface area contributed by atoms with Crippen molar-refractivity contribution in [3.63, 3.8) is 0 Å². The highest BCUT2D eigenvalue weighted by Gasteiger charge is 2.43. The number of nitrogens with zero attached hydrogens (tertiary/aromatic N) is 4. The Kier molecular flexibility index (Phi) is 5.27. The van der Waals surface area contributed by atoms with E-state index in [9.17, 15) is 4.79 Å². The normalized spacial score (nSPS) is 23.6. The number of anilines is 3. The predicted molar refractivity (Wildman–Crippen MR) is 120 cm³/mol. The molecule has 1 amide bonds. The predicted octanol–water partition coefficient (Wildman–Crippen LogP) is 4.00. The number of amides is 1. The van der Waals surface area contributed by atoms with Gasteiger partial charge in [0.1, 0.15) is 0 Å². The summed E-state index contributed by atoms with van der Waals surface area (Å²) in [5.41, 5.74) is 3.31. The fraction of sp³-hybridized carbons (Fsp3) is 0.522. The highest BCUT2D eigenvalue weighted by atomic mass is 35.5. The Morgan fingerprint density at radius 1 is 1.20 bits per heavy atom. The van der Waals surface area contributed by atoms with E-state index in [-0.39, 0.29) is 5.91 Å². The molecule has 1 aliphatic carbocycles. The molecule has 1 N–H and O–H groups in total. The van der Waals surface area contributed by atoms with Crippen molar-refractivity contribution in [3.8, 4) is 0 Å². The van der Waals surface area contributed by atoms with Gasteiger partial charge in [-0.3, -0.25) is 4.79 Å². The Morgan fingerprint density at radius 2 is 1.97 bits per heavy atom. The van der Waals surface area contributed by atoms with Crippen LogP contribution in [0.2, 0.25) is 5.02 Å². The SMILES string of the molecule is CN1C(=O)Cc2cc(NCCC3C[C@@H]3C3CCN(c4ncc(Cl)cn4)CC3)ccc21. The van der Waals surface area contributed by atoms with Crippen LogP contribution in [0, 0.1) is 17.8 Å². The van der Waals surface area contributed by atoms with Crippen LogP contribution in [0.1, 0.15) is 31.2 Å². The van der Waals surface area contributed by atoms with E-state index >= 15 is 0 Å². The van der Waals surface area contributed by atoms with E-state index in [0.717, 1.165) is 60.3 Å². The number of likely N-dealkylation sites (N-methyl/N-ethyl adjacent to an activating group) is 1. The molecule has 0 bridgehead atoms. The molecular weight excluding hydrogens is 398 g/mol. The molecule has 1 saturated heterocycles. The number of rotatable bonds is 6. The number of benzene rings is 1. The van der Waals surface area contributed by atoms with Crippen LogP contribution in [0.3, 0.4) is 0 Å². The van der Waals surface area contributed by atoms with E-state index in [1.165, 1.54) is 25.7 Å². The lowest BCUT2D eigenvalue weighted by atomic mass is 9.90. The third-order valence-electron chi connectivity index (χ3n) is 7.01. The van der Waals surface area contributed by atoms with Crippen LogP contribution in [-0.2, 0) is 11.2 Å². The van der Waals surface area contributed by atoms with Gasteiger partial charge < -0.3 is 15.1 Å². The van der Waals surface area contributed by atoms with Gasteiger partial charge in [-0.1, -0.05) is 11.6 Å². The van der Waals surface area contributed by atoms with Crippen LogP contribution in [0.5, 0.6) is 0 Å². The summed E-state index contributed by atoms with van der Waals surface area (Å²) in [5.74, 6) is 3.54. The minimum Gasteiger partial charge on any atom is -0.385 e. The van der Waals surface area contributed by atoms with E-state index < -0.39 is 0 Å². The molecule has 2 aliphatic heterocycles. The average Bonchev–Trinajstić information content (AvgIpc) is 3.47. The lowest BCUT2D eigenvalue weighted by Gasteiger charge is -2.32. The topological polar surface area (TPSA) is 61.4 Å². The first-order chi connectivity index (χ1) is 14.6. The van der Waals surface area contributed by atoms with Crippen molar-refractivity contribution in [1.82, 2.24) is 9.97 Å². The standard InChI is InChI=1S/C23H28ClN5O/c1-28-21-3-2-19(10-17(21)12-22(28)30)25-7-4-16-11-20(16)15-5-8-29(9-6-15)23-26-13-18(24)14-27-23/h2-3,10,13-16,20,25H,4-9,11-12H2,1H3/t16?,20-/m1/s1. The van der Waals surface area contributed by atoms with Gasteiger partial charge in [0.15, 0.2) is 0 Å². The van der Waals surface area contributed by atoms with Crippen LogP contribution >= 0.6 is 11.6 Å². The smallest absolute Gasteiger partial charge is 0.231 e. The summed E-state index contributed by atoms with van der Waals surface area (Å²) in [5, 5.41) is 4.15. The Labute approximate surface area is 182 Å². The first kappa shape index (κ1) is 19.6. The molecule has 2 fully saturated rings. The Hall–Kier alpha value is -2.34. The fourth-order valence-corrected chi connectivity index (χ4v) is 5.26. The van der Waals surface area contributed by atoms with Gasteiger partial charge in [-0.05, 0) is 67.2 Å². The van der Waals surface area contributed by atoms with E-state index in [4.69, 9.17) is 11.6 Å². The van der Waals surface area contributed by atoms with Crippen LogP contribution in [0.15, 0.2) is 30.6 Å². The summed E-state index contributed by atoms with van der Waals surface area (Å²) in [6.45, 7) is 3.08. The van der Waals surface area contributed by atoms with Crippen molar-refractivity contribution < 1.29 is 4.79 Å². The maximum Gasteiger partial charge on any atom is 0.231 e. The second kappa shape index (κ2) is 8.06. The summed E-state index contributed by atoms with van der Waals surface area (Å²) in [6.07, 6.45) is 8.92.